The fraction of sp³-hybridized carbons (Fsp3) is 0.455. The first kappa shape index (κ1) is 11.5. The minimum Gasteiger partial charge on any atom is -0.392 e. The van der Waals surface area contributed by atoms with Gasteiger partial charge in [0.15, 0.2) is 0 Å². The van der Waals surface area contributed by atoms with Crippen LogP contribution in [0.15, 0.2) is 29.2 Å². The van der Waals surface area contributed by atoms with Crippen LogP contribution in [0.3, 0.4) is 0 Å². The summed E-state index contributed by atoms with van der Waals surface area (Å²) in [6.07, 6.45) is 1.56. The molecule has 0 spiro atoms. The molecule has 78 valence electrons. The zero-order valence-electron chi connectivity index (χ0n) is 8.24. The summed E-state index contributed by atoms with van der Waals surface area (Å²) < 4.78 is 12.5. The maximum Gasteiger partial charge on any atom is 0.123 e. The smallest absolute Gasteiger partial charge is 0.123 e. The quantitative estimate of drug-likeness (QED) is 0.760. The van der Waals surface area contributed by atoms with Gasteiger partial charge in [-0.2, -0.15) is 0 Å². The molecule has 0 amide bonds. The molecule has 1 N–H and O–H groups in total. The third kappa shape index (κ3) is 4.11. The van der Waals surface area contributed by atoms with Crippen LogP contribution in [0, 0.1) is 5.82 Å². The number of hydrogen-bond donors (Lipinski definition) is 1. The van der Waals surface area contributed by atoms with Crippen molar-refractivity contribution >= 4 is 11.8 Å². The zero-order chi connectivity index (χ0) is 10.4. The molecule has 1 aromatic carbocycles. The van der Waals surface area contributed by atoms with Gasteiger partial charge >= 0.3 is 0 Å². The largest absolute Gasteiger partial charge is 0.392 e. The van der Waals surface area contributed by atoms with Crippen molar-refractivity contribution < 1.29 is 9.50 Å². The Labute approximate surface area is 88.3 Å². The van der Waals surface area contributed by atoms with E-state index in [9.17, 15) is 9.50 Å². The Morgan fingerprint density at radius 1 is 1.36 bits per heavy atom. The molecule has 0 fully saturated rings. The molecule has 1 atom stereocenters. The number of hydrogen-bond acceptors (Lipinski definition) is 2. The van der Waals surface area contributed by atoms with Gasteiger partial charge in [0.05, 0.1) is 6.10 Å². The first-order valence-corrected chi connectivity index (χ1v) is 5.77. The molecule has 1 unspecified atom stereocenters. The third-order valence-corrected chi connectivity index (χ3v) is 3.03. The lowest BCUT2D eigenvalue weighted by Crippen LogP contribution is -2.08. The van der Waals surface area contributed by atoms with Crippen LogP contribution in [0.1, 0.15) is 19.8 Å². The number of thioether (sulfide) groups is 1. The van der Waals surface area contributed by atoms with Crippen LogP contribution >= 0.6 is 11.8 Å². The summed E-state index contributed by atoms with van der Waals surface area (Å²) in [4.78, 5) is 1.00. The summed E-state index contributed by atoms with van der Waals surface area (Å²) in [5.41, 5.74) is 0. The second kappa shape index (κ2) is 6.04. The van der Waals surface area contributed by atoms with Crippen LogP contribution < -0.4 is 0 Å². The summed E-state index contributed by atoms with van der Waals surface area (Å²) in [6, 6.07) is 6.35. The van der Waals surface area contributed by atoms with E-state index in [2.05, 4.69) is 0 Å². The maximum atomic E-state index is 12.5. The topological polar surface area (TPSA) is 20.2 Å². The van der Waals surface area contributed by atoms with Crippen LogP contribution in [0.5, 0.6) is 0 Å². The average Bonchev–Trinajstić information content (AvgIpc) is 2.17. The molecule has 3 heteroatoms. The van der Waals surface area contributed by atoms with Crippen molar-refractivity contribution in [2.45, 2.75) is 30.8 Å². The molecule has 0 bridgehead atoms. The van der Waals surface area contributed by atoms with E-state index in [0.29, 0.717) is 5.75 Å². The van der Waals surface area contributed by atoms with Crippen molar-refractivity contribution in [2.24, 2.45) is 0 Å². The lowest BCUT2D eigenvalue weighted by molar-refractivity contribution is 0.188. The summed E-state index contributed by atoms with van der Waals surface area (Å²) in [6.45, 7) is 2.05. The molecule has 0 saturated heterocycles. The highest BCUT2D eigenvalue weighted by Gasteiger charge is 2.03. The van der Waals surface area contributed by atoms with Crippen molar-refractivity contribution in [1.82, 2.24) is 0 Å². The Morgan fingerprint density at radius 2 is 2.00 bits per heavy atom. The minimum absolute atomic E-state index is 0.219. The van der Waals surface area contributed by atoms with Gasteiger partial charge in [-0.15, -0.1) is 11.8 Å². The molecule has 0 heterocycles. The van der Waals surface area contributed by atoms with Crippen molar-refractivity contribution in [3.8, 4) is 0 Å². The molecule has 0 aliphatic carbocycles. The number of aliphatic hydroxyl groups excluding tert-OH is 1. The van der Waals surface area contributed by atoms with E-state index < -0.39 is 0 Å². The first-order valence-electron chi connectivity index (χ1n) is 4.78. The van der Waals surface area contributed by atoms with Crippen LogP contribution in [-0.2, 0) is 0 Å². The normalized spacial score (nSPS) is 12.8. The number of rotatable bonds is 5. The molecule has 0 aliphatic heterocycles. The highest BCUT2D eigenvalue weighted by molar-refractivity contribution is 7.99. The number of halogens is 1. The third-order valence-electron chi connectivity index (χ3n) is 1.88. The first-order chi connectivity index (χ1) is 6.72. The van der Waals surface area contributed by atoms with E-state index in [1.165, 1.54) is 12.1 Å². The molecule has 0 aromatic heterocycles. The highest BCUT2D eigenvalue weighted by atomic mass is 32.2. The van der Waals surface area contributed by atoms with Gasteiger partial charge in [0.2, 0.25) is 0 Å². The van der Waals surface area contributed by atoms with E-state index in [0.717, 1.165) is 17.7 Å². The van der Waals surface area contributed by atoms with E-state index in [4.69, 9.17) is 0 Å². The standard InChI is InChI=1S/C11H15FOS/c1-2-3-10(13)8-14-11-6-4-9(12)5-7-11/h4-7,10,13H,2-3,8H2,1H3. The fourth-order valence-electron chi connectivity index (χ4n) is 1.14. The van der Waals surface area contributed by atoms with Gasteiger partial charge in [0.1, 0.15) is 5.82 Å². The molecule has 0 radical (unpaired) electrons. The van der Waals surface area contributed by atoms with E-state index in [-0.39, 0.29) is 11.9 Å². The molecule has 1 nitrogen and oxygen atoms in total. The second-order valence-corrected chi connectivity index (χ2v) is 4.30. The Hall–Kier alpha value is -0.540. The molecular formula is C11H15FOS. The predicted molar refractivity (Wildman–Crippen MR) is 58.0 cm³/mol. The van der Waals surface area contributed by atoms with Crippen LogP contribution in [0.25, 0.3) is 0 Å². The van der Waals surface area contributed by atoms with Crippen molar-refractivity contribution in [3.63, 3.8) is 0 Å². The minimum atomic E-state index is -0.255. The zero-order valence-corrected chi connectivity index (χ0v) is 9.06. The van der Waals surface area contributed by atoms with Gasteiger partial charge < -0.3 is 5.11 Å². The monoisotopic (exact) mass is 214 g/mol. The predicted octanol–water partition coefficient (Wildman–Crippen LogP) is 3.08. The Balaban J connectivity index is 2.34. The Kier molecular flexibility index (Phi) is 4.98. The number of benzene rings is 1. The van der Waals surface area contributed by atoms with Gasteiger partial charge in [0, 0.05) is 10.6 Å². The lowest BCUT2D eigenvalue weighted by Gasteiger charge is -2.08. The molecule has 1 rings (SSSR count). The Morgan fingerprint density at radius 3 is 2.57 bits per heavy atom. The van der Waals surface area contributed by atoms with Crippen LogP contribution in [0.2, 0.25) is 0 Å². The second-order valence-electron chi connectivity index (χ2n) is 3.21. The fourth-order valence-corrected chi connectivity index (χ4v) is 2.02. The molecule has 1 aromatic rings. The molecule has 0 saturated carbocycles. The van der Waals surface area contributed by atoms with Crippen molar-refractivity contribution in [3.05, 3.63) is 30.1 Å². The Bertz CT molecular complexity index is 260. The highest BCUT2D eigenvalue weighted by Crippen LogP contribution is 2.19. The van der Waals surface area contributed by atoms with Crippen LogP contribution in [-0.4, -0.2) is 17.0 Å². The summed E-state index contributed by atoms with van der Waals surface area (Å²) in [5, 5.41) is 9.47. The summed E-state index contributed by atoms with van der Waals surface area (Å²) >= 11 is 1.56. The van der Waals surface area contributed by atoms with Gasteiger partial charge in [-0.3, -0.25) is 0 Å². The summed E-state index contributed by atoms with van der Waals surface area (Å²) in [7, 11) is 0. The van der Waals surface area contributed by atoms with Crippen LogP contribution in [0.4, 0.5) is 4.39 Å². The SMILES string of the molecule is CCCC(O)CSc1ccc(F)cc1. The lowest BCUT2D eigenvalue weighted by atomic mass is 10.2. The van der Waals surface area contributed by atoms with Gasteiger partial charge in [0.25, 0.3) is 0 Å². The molecular weight excluding hydrogens is 199 g/mol. The van der Waals surface area contributed by atoms with Gasteiger partial charge in [-0.25, -0.2) is 4.39 Å². The van der Waals surface area contributed by atoms with Gasteiger partial charge in [-0.1, -0.05) is 13.3 Å². The van der Waals surface area contributed by atoms with E-state index >= 15 is 0 Å². The number of aliphatic hydroxyl groups is 1. The molecule has 0 aliphatic rings. The van der Waals surface area contributed by atoms with Gasteiger partial charge in [-0.05, 0) is 30.7 Å². The van der Waals surface area contributed by atoms with Crippen molar-refractivity contribution in [1.29, 1.82) is 0 Å². The van der Waals surface area contributed by atoms with Crippen molar-refractivity contribution in [2.75, 3.05) is 5.75 Å². The maximum absolute atomic E-state index is 12.5. The average molecular weight is 214 g/mol. The van der Waals surface area contributed by atoms with E-state index in [1.807, 2.05) is 6.92 Å². The summed E-state index contributed by atoms with van der Waals surface area (Å²) in [5.74, 6) is 0.461. The molecule has 14 heavy (non-hydrogen) atoms. The van der Waals surface area contributed by atoms with E-state index in [1.54, 1.807) is 23.9 Å².